The van der Waals surface area contributed by atoms with Crippen LogP contribution in [-0.2, 0) is 6.61 Å². The number of ether oxygens (including phenoxy) is 2. The van der Waals surface area contributed by atoms with Crippen molar-refractivity contribution in [2.75, 3.05) is 7.11 Å². The first-order valence-corrected chi connectivity index (χ1v) is 12.7. The van der Waals surface area contributed by atoms with Gasteiger partial charge in [-0.15, -0.1) is 0 Å². The molecule has 0 heterocycles. The van der Waals surface area contributed by atoms with Crippen molar-refractivity contribution in [1.29, 1.82) is 0 Å². The highest BCUT2D eigenvalue weighted by molar-refractivity contribution is 6.12. The highest BCUT2D eigenvalue weighted by Gasteiger charge is 2.17. The van der Waals surface area contributed by atoms with Gasteiger partial charge in [0, 0.05) is 17.7 Å². The highest BCUT2D eigenvalue weighted by Crippen LogP contribution is 2.28. The standard InChI is InChI=1S/C20H16O3.C14H12O4/c21-19-13-17(23-14-15-7-3-1-4-8-15)11-12-18(19)20(22)16-9-5-2-6-10-16;1-18-9-6-7-11(13(16)8-9)14(17)10-4-2-3-5-12(10)15/h1-13,21H,14H2;2-8,15-16H,1H3. The minimum Gasteiger partial charge on any atom is -0.507 e. The first-order chi connectivity index (χ1) is 19.9. The van der Waals surface area contributed by atoms with Gasteiger partial charge in [0.1, 0.15) is 35.4 Å². The number of rotatable bonds is 8. The van der Waals surface area contributed by atoms with Crippen molar-refractivity contribution in [3.05, 3.63) is 149 Å². The zero-order valence-corrected chi connectivity index (χ0v) is 22.2. The summed E-state index contributed by atoms with van der Waals surface area (Å²) in [5.74, 6) is -0.0343. The van der Waals surface area contributed by atoms with Gasteiger partial charge in [-0.05, 0) is 42.0 Å². The molecule has 5 rings (SSSR count). The van der Waals surface area contributed by atoms with E-state index in [9.17, 15) is 24.9 Å². The van der Waals surface area contributed by atoms with E-state index >= 15 is 0 Å². The Morgan fingerprint density at radius 1 is 0.561 bits per heavy atom. The van der Waals surface area contributed by atoms with Crippen LogP contribution in [0.1, 0.15) is 37.4 Å². The summed E-state index contributed by atoms with van der Waals surface area (Å²) in [4.78, 5) is 24.5. The van der Waals surface area contributed by atoms with Crippen molar-refractivity contribution in [3.8, 4) is 28.7 Å². The molecule has 0 aromatic heterocycles. The Bertz CT molecular complexity index is 1630. The minimum absolute atomic E-state index is 0.0792. The lowest BCUT2D eigenvalue weighted by molar-refractivity contribution is 0.102. The Labute approximate surface area is 237 Å². The van der Waals surface area contributed by atoms with Crippen LogP contribution in [0.5, 0.6) is 28.7 Å². The zero-order valence-electron chi connectivity index (χ0n) is 22.2. The minimum atomic E-state index is -0.437. The van der Waals surface area contributed by atoms with Crippen molar-refractivity contribution < 1.29 is 34.4 Å². The van der Waals surface area contributed by atoms with Gasteiger partial charge in [0.2, 0.25) is 0 Å². The molecule has 5 aromatic carbocycles. The number of ketones is 2. The Hall–Kier alpha value is -5.56. The van der Waals surface area contributed by atoms with Crippen LogP contribution in [-0.4, -0.2) is 34.0 Å². The maximum absolute atomic E-state index is 12.4. The average Bonchev–Trinajstić information content (AvgIpc) is 3.01. The highest BCUT2D eigenvalue weighted by atomic mass is 16.5. The molecule has 0 atom stereocenters. The third kappa shape index (κ3) is 7.30. The van der Waals surface area contributed by atoms with E-state index in [4.69, 9.17) is 9.47 Å². The second-order valence-electron chi connectivity index (χ2n) is 8.88. The summed E-state index contributed by atoms with van der Waals surface area (Å²) in [5, 5.41) is 29.5. The van der Waals surface area contributed by atoms with E-state index in [2.05, 4.69) is 0 Å². The van der Waals surface area contributed by atoms with Gasteiger partial charge in [-0.2, -0.15) is 0 Å². The maximum Gasteiger partial charge on any atom is 0.200 e. The van der Waals surface area contributed by atoms with Crippen molar-refractivity contribution in [1.82, 2.24) is 0 Å². The molecule has 7 heteroatoms. The van der Waals surface area contributed by atoms with Crippen molar-refractivity contribution in [2.24, 2.45) is 0 Å². The quantitative estimate of drug-likeness (QED) is 0.189. The fourth-order valence-electron chi connectivity index (χ4n) is 3.92. The largest absolute Gasteiger partial charge is 0.507 e. The molecule has 0 spiro atoms. The van der Waals surface area contributed by atoms with Crippen LogP contribution >= 0.6 is 0 Å². The fraction of sp³-hybridized carbons (Fsp3) is 0.0588. The molecule has 0 aliphatic heterocycles. The van der Waals surface area contributed by atoms with Crippen LogP contribution in [0.15, 0.2) is 121 Å². The fourth-order valence-corrected chi connectivity index (χ4v) is 3.92. The second kappa shape index (κ2) is 13.5. The van der Waals surface area contributed by atoms with Gasteiger partial charge >= 0.3 is 0 Å². The van der Waals surface area contributed by atoms with E-state index in [0.29, 0.717) is 23.7 Å². The smallest absolute Gasteiger partial charge is 0.200 e. The van der Waals surface area contributed by atoms with Gasteiger partial charge < -0.3 is 24.8 Å². The summed E-state index contributed by atoms with van der Waals surface area (Å²) in [6, 6.07) is 34.0. The number of methoxy groups -OCH3 is 1. The second-order valence-corrected chi connectivity index (χ2v) is 8.88. The molecule has 0 unspecified atom stereocenters. The van der Waals surface area contributed by atoms with Gasteiger partial charge in [0.05, 0.1) is 23.8 Å². The predicted molar refractivity (Wildman–Crippen MR) is 155 cm³/mol. The number of aromatic hydroxyl groups is 3. The van der Waals surface area contributed by atoms with Crippen LogP contribution in [0.3, 0.4) is 0 Å². The first-order valence-electron chi connectivity index (χ1n) is 12.7. The monoisotopic (exact) mass is 548 g/mol. The average molecular weight is 549 g/mol. The summed E-state index contributed by atoms with van der Waals surface area (Å²) < 4.78 is 10.6. The van der Waals surface area contributed by atoms with Crippen molar-refractivity contribution >= 4 is 11.6 Å². The number of phenolic OH excluding ortho intramolecular Hbond substituents is 3. The number of benzene rings is 5. The summed E-state index contributed by atoms with van der Waals surface area (Å²) in [5.41, 5.74) is 2.12. The molecule has 0 saturated heterocycles. The van der Waals surface area contributed by atoms with E-state index in [1.165, 1.54) is 37.4 Å². The first kappa shape index (κ1) is 28.4. The molecule has 41 heavy (non-hydrogen) atoms. The number of hydrogen-bond donors (Lipinski definition) is 3. The molecule has 7 nitrogen and oxygen atoms in total. The van der Waals surface area contributed by atoms with E-state index in [0.717, 1.165) is 5.56 Å². The van der Waals surface area contributed by atoms with Gasteiger partial charge in [-0.3, -0.25) is 9.59 Å². The topological polar surface area (TPSA) is 113 Å². The van der Waals surface area contributed by atoms with E-state index in [1.807, 2.05) is 36.4 Å². The molecule has 5 aromatic rings. The van der Waals surface area contributed by atoms with Crippen molar-refractivity contribution in [2.45, 2.75) is 6.61 Å². The Balaban J connectivity index is 0.000000195. The molecule has 0 bridgehead atoms. The van der Waals surface area contributed by atoms with Crippen LogP contribution in [0, 0.1) is 0 Å². The van der Waals surface area contributed by atoms with E-state index in [1.54, 1.807) is 54.6 Å². The summed E-state index contributed by atoms with van der Waals surface area (Å²) in [6.07, 6.45) is 0. The number of carbonyl (C=O) groups excluding carboxylic acids is 2. The van der Waals surface area contributed by atoms with Crippen LogP contribution < -0.4 is 9.47 Å². The Morgan fingerprint density at radius 2 is 1.07 bits per heavy atom. The van der Waals surface area contributed by atoms with Gasteiger partial charge in [-0.1, -0.05) is 72.8 Å². The lowest BCUT2D eigenvalue weighted by Crippen LogP contribution is -2.02. The van der Waals surface area contributed by atoms with Crippen LogP contribution in [0.25, 0.3) is 0 Å². The van der Waals surface area contributed by atoms with Gasteiger partial charge in [-0.25, -0.2) is 0 Å². The number of phenols is 3. The van der Waals surface area contributed by atoms with Gasteiger partial charge in [0.15, 0.2) is 11.6 Å². The molecule has 0 fully saturated rings. The van der Waals surface area contributed by atoms with E-state index in [-0.39, 0.29) is 39.7 Å². The Morgan fingerprint density at radius 3 is 1.68 bits per heavy atom. The third-order valence-electron chi connectivity index (χ3n) is 6.10. The van der Waals surface area contributed by atoms with Gasteiger partial charge in [0.25, 0.3) is 0 Å². The third-order valence-corrected chi connectivity index (χ3v) is 6.10. The number of para-hydroxylation sites is 1. The number of carbonyl (C=O) groups is 2. The molecule has 0 saturated carbocycles. The Kier molecular flexibility index (Phi) is 9.36. The summed E-state index contributed by atoms with van der Waals surface area (Å²) >= 11 is 0. The maximum atomic E-state index is 12.4. The zero-order chi connectivity index (χ0) is 29.2. The molecule has 3 N–H and O–H groups in total. The lowest BCUT2D eigenvalue weighted by atomic mass is 10.0. The summed E-state index contributed by atoms with van der Waals surface area (Å²) in [6.45, 7) is 0.409. The number of hydrogen-bond acceptors (Lipinski definition) is 7. The molecule has 0 amide bonds. The molecular formula is C34H28O7. The van der Waals surface area contributed by atoms with Crippen molar-refractivity contribution in [3.63, 3.8) is 0 Å². The lowest BCUT2D eigenvalue weighted by Gasteiger charge is -2.09. The molecule has 0 aliphatic rings. The SMILES string of the molecule is COc1ccc(C(=O)c2ccccc2O)c(O)c1.O=C(c1ccccc1)c1ccc(OCc2ccccc2)cc1O. The van der Waals surface area contributed by atoms with E-state index < -0.39 is 5.78 Å². The molecule has 0 aliphatic carbocycles. The predicted octanol–water partition coefficient (Wildman–Crippen LogP) is 6.54. The van der Waals surface area contributed by atoms with Crippen LogP contribution in [0.2, 0.25) is 0 Å². The molecular weight excluding hydrogens is 520 g/mol. The summed E-state index contributed by atoms with van der Waals surface area (Å²) in [7, 11) is 1.47. The van der Waals surface area contributed by atoms with Crippen LogP contribution in [0.4, 0.5) is 0 Å². The normalized spacial score (nSPS) is 10.2. The molecule has 206 valence electrons. The molecule has 0 radical (unpaired) electrons.